The van der Waals surface area contributed by atoms with E-state index < -0.39 is 0 Å². The van der Waals surface area contributed by atoms with Crippen LogP contribution >= 0.6 is 0 Å². The van der Waals surface area contributed by atoms with Crippen molar-refractivity contribution in [3.8, 4) is 55.9 Å². The second kappa shape index (κ2) is 17.5. The van der Waals surface area contributed by atoms with Crippen molar-refractivity contribution in [2.45, 2.75) is 0 Å². The Hall–Kier alpha value is -8.80. The van der Waals surface area contributed by atoms with Crippen molar-refractivity contribution in [3.05, 3.63) is 261 Å². The zero-order valence-corrected chi connectivity index (χ0v) is 35.6. The zero-order valence-electron chi connectivity index (χ0n) is 35.6. The standard InChI is InChI=1S/C60H43N5/c1-4-13-44(14-5-1)46-22-30-52(31-23-46)64(53-32-24-47(25-33-53)45-15-6-2-7-16-45)54-34-26-48(27-35-54)49-28-36-55(37-29-49)65(56-38-40-61-41-39-56)57-20-12-19-51(43-57)60-59(50-17-8-3-9-18-50)62-58-21-10-11-42-63(58)60/h1-43H. The van der Waals surface area contributed by atoms with Gasteiger partial charge in [0.2, 0.25) is 0 Å². The van der Waals surface area contributed by atoms with E-state index in [2.05, 4.69) is 256 Å². The van der Waals surface area contributed by atoms with Gasteiger partial charge in [-0.25, -0.2) is 4.98 Å². The van der Waals surface area contributed by atoms with Crippen LogP contribution in [0.4, 0.5) is 34.1 Å². The summed E-state index contributed by atoms with van der Waals surface area (Å²) < 4.78 is 2.18. The van der Waals surface area contributed by atoms with Gasteiger partial charge in [0.25, 0.3) is 0 Å². The molecule has 0 aliphatic carbocycles. The highest BCUT2D eigenvalue weighted by Gasteiger charge is 2.19. The van der Waals surface area contributed by atoms with Crippen molar-refractivity contribution in [1.29, 1.82) is 0 Å². The molecule has 3 heterocycles. The minimum Gasteiger partial charge on any atom is -0.311 e. The van der Waals surface area contributed by atoms with E-state index in [1.165, 1.54) is 22.3 Å². The van der Waals surface area contributed by atoms with E-state index >= 15 is 0 Å². The first kappa shape index (κ1) is 39.1. The van der Waals surface area contributed by atoms with Gasteiger partial charge in [-0.2, -0.15) is 0 Å². The Labute approximate surface area is 379 Å². The number of imidazole rings is 1. The maximum atomic E-state index is 5.10. The molecule has 65 heavy (non-hydrogen) atoms. The fourth-order valence-corrected chi connectivity index (χ4v) is 8.72. The van der Waals surface area contributed by atoms with Gasteiger partial charge in [-0.3, -0.25) is 9.38 Å². The lowest BCUT2D eigenvalue weighted by Gasteiger charge is -2.26. The fourth-order valence-electron chi connectivity index (χ4n) is 8.72. The Balaban J connectivity index is 0.922. The molecule has 0 saturated carbocycles. The van der Waals surface area contributed by atoms with E-state index in [4.69, 9.17) is 4.98 Å². The van der Waals surface area contributed by atoms with Crippen LogP contribution in [-0.4, -0.2) is 14.4 Å². The van der Waals surface area contributed by atoms with Crippen molar-refractivity contribution < 1.29 is 0 Å². The zero-order chi connectivity index (χ0) is 43.4. The molecule has 0 saturated heterocycles. The first-order valence-electron chi connectivity index (χ1n) is 21.9. The summed E-state index contributed by atoms with van der Waals surface area (Å²) >= 11 is 0. The molecule has 0 N–H and O–H groups in total. The molecule has 0 bridgehead atoms. The Morgan fingerprint density at radius 2 is 0.677 bits per heavy atom. The molecule has 0 spiro atoms. The van der Waals surface area contributed by atoms with Crippen LogP contribution in [0.15, 0.2) is 261 Å². The number of rotatable bonds is 11. The number of anilines is 6. The third-order valence-electron chi connectivity index (χ3n) is 11.9. The third-order valence-corrected chi connectivity index (χ3v) is 11.9. The number of pyridine rings is 2. The molecular formula is C60H43N5. The lowest BCUT2D eigenvalue weighted by atomic mass is 10.0. The number of hydrogen-bond donors (Lipinski definition) is 0. The van der Waals surface area contributed by atoms with E-state index in [-0.39, 0.29) is 0 Å². The molecule has 5 nitrogen and oxygen atoms in total. The smallest absolute Gasteiger partial charge is 0.137 e. The summed E-state index contributed by atoms with van der Waals surface area (Å²) in [7, 11) is 0. The predicted molar refractivity (Wildman–Crippen MR) is 270 cm³/mol. The molecule has 0 aliphatic heterocycles. The van der Waals surface area contributed by atoms with Gasteiger partial charge in [-0.1, -0.05) is 158 Å². The molecule has 11 rings (SSSR count). The van der Waals surface area contributed by atoms with E-state index in [0.29, 0.717) is 0 Å². The molecule has 0 radical (unpaired) electrons. The lowest BCUT2D eigenvalue weighted by Crippen LogP contribution is -2.10. The maximum absolute atomic E-state index is 5.10. The van der Waals surface area contributed by atoms with Gasteiger partial charge in [-0.05, 0) is 118 Å². The molecule has 0 atom stereocenters. The number of benzene rings is 8. The molecule has 0 unspecified atom stereocenters. The largest absolute Gasteiger partial charge is 0.311 e. The van der Waals surface area contributed by atoms with Gasteiger partial charge >= 0.3 is 0 Å². The van der Waals surface area contributed by atoms with Gasteiger partial charge in [0.05, 0.1) is 11.4 Å². The lowest BCUT2D eigenvalue weighted by molar-refractivity contribution is 1.19. The minimum absolute atomic E-state index is 0.907. The van der Waals surface area contributed by atoms with Crippen LogP contribution in [0.5, 0.6) is 0 Å². The fraction of sp³-hybridized carbons (Fsp3) is 0. The van der Waals surface area contributed by atoms with E-state index in [9.17, 15) is 0 Å². The van der Waals surface area contributed by atoms with Crippen LogP contribution in [0, 0.1) is 0 Å². The van der Waals surface area contributed by atoms with Gasteiger partial charge in [0, 0.05) is 63.8 Å². The molecule has 0 aliphatic rings. The minimum atomic E-state index is 0.907. The van der Waals surface area contributed by atoms with Gasteiger partial charge in [-0.15, -0.1) is 0 Å². The van der Waals surface area contributed by atoms with Crippen LogP contribution in [0.1, 0.15) is 0 Å². The summed E-state index contributed by atoms with van der Waals surface area (Å²) in [4.78, 5) is 14.1. The van der Waals surface area contributed by atoms with E-state index in [0.717, 1.165) is 73.4 Å². The average molecular weight is 834 g/mol. The van der Waals surface area contributed by atoms with Crippen LogP contribution in [0.3, 0.4) is 0 Å². The SMILES string of the molecule is c1ccc(-c2ccc(N(c3ccc(-c4ccccc4)cc3)c3ccc(-c4ccc(N(c5ccncc5)c5cccc(-c6c(-c7ccccc7)nc7ccccn67)c5)cc4)cc3)cc2)cc1. The van der Waals surface area contributed by atoms with Crippen molar-refractivity contribution in [1.82, 2.24) is 14.4 Å². The highest BCUT2D eigenvalue weighted by molar-refractivity contribution is 5.87. The Kier molecular flexibility index (Phi) is 10.5. The van der Waals surface area contributed by atoms with Gasteiger partial charge in [0.15, 0.2) is 0 Å². The Morgan fingerprint density at radius 3 is 1.15 bits per heavy atom. The van der Waals surface area contributed by atoms with Crippen molar-refractivity contribution in [2.75, 3.05) is 9.80 Å². The van der Waals surface area contributed by atoms with Crippen molar-refractivity contribution >= 4 is 39.8 Å². The molecule has 308 valence electrons. The highest BCUT2D eigenvalue weighted by atomic mass is 15.1. The summed E-state index contributed by atoms with van der Waals surface area (Å²) in [5, 5.41) is 0. The quantitative estimate of drug-likeness (QED) is 0.130. The van der Waals surface area contributed by atoms with Crippen LogP contribution in [-0.2, 0) is 0 Å². The van der Waals surface area contributed by atoms with Gasteiger partial charge < -0.3 is 9.80 Å². The first-order chi connectivity index (χ1) is 32.2. The molecule has 8 aromatic carbocycles. The van der Waals surface area contributed by atoms with Crippen molar-refractivity contribution in [2.24, 2.45) is 0 Å². The molecular weight excluding hydrogens is 791 g/mol. The molecule has 5 heteroatoms. The normalized spacial score (nSPS) is 11.1. The Morgan fingerprint density at radius 1 is 0.292 bits per heavy atom. The second-order valence-corrected chi connectivity index (χ2v) is 15.9. The van der Waals surface area contributed by atoms with Crippen LogP contribution in [0.25, 0.3) is 61.5 Å². The molecule has 0 amide bonds. The van der Waals surface area contributed by atoms with Gasteiger partial charge in [0.1, 0.15) is 5.65 Å². The molecule has 3 aromatic heterocycles. The first-order valence-corrected chi connectivity index (χ1v) is 21.9. The molecule has 0 fully saturated rings. The van der Waals surface area contributed by atoms with Crippen LogP contribution < -0.4 is 9.80 Å². The monoisotopic (exact) mass is 833 g/mol. The van der Waals surface area contributed by atoms with Crippen LogP contribution in [0.2, 0.25) is 0 Å². The summed E-state index contributed by atoms with van der Waals surface area (Å²) in [6.45, 7) is 0. The topological polar surface area (TPSA) is 36.7 Å². The van der Waals surface area contributed by atoms with Crippen molar-refractivity contribution in [3.63, 3.8) is 0 Å². The summed E-state index contributed by atoms with van der Waals surface area (Å²) in [6.07, 6.45) is 5.78. The second-order valence-electron chi connectivity index (χ2n) is 15.9. The molecule has 11 aromatic rings. The Bertz CT molecular complexity index is 3230. The van der Waals surface area contributed by atoms with E-state index in [1.54, 1.807) is 0 Å². The maximum Gasteiger partial charge on any atom is 0.137 e. The number of hydrogen-bond acceptors (Lipinski definition) is 4. The summed E-state index contributed by atoms with van der Waals surface area (Å²) in [6, 6.07) is 85.9. The third kappa shape index (κ3) is 7.95. The summed E-state index contributed by atoms with van der Waals surface area (Å²) in [5.41, 5.74) is 18.4. The average Bonchev–Trinajstić information content (AvgIpc) is 3.79. The number of fused-ring (bicyclic) bond motifs is 1. The highest BCUT2D eigenvalue weighted by Crippen LogP contribution is 2.41. The summed E-state index contributed by atoms with van der Waals surface area (Å²) in [5.74, 6) is 0. The predicted octanol–water partition coefficient (Wildman–Crippen LogP) is 16.0. The number of nitrogens with zero attached hydrogens (tertiary/aromatic N) is 5. The van der Waals surface area contributed by atoms with E-state index in [1.807, 2.05) is 24.5 Å². The number of aromatic nitrogens is 3.